The molecule has 0 aromatic heterocycles. The fraction of sp³-hybridized carbons (Fsp3) is 0.912. The molecule has 0 N–H and O–H groups in total. The third-order valence-corrected chi connectivity index (χ3v) is 7.58. The van der Waals surface area contributed by atoms with Crippen LogP contribution < -0.4 is 5.11 Å². The summed E-state index contributed by atoms with van der Waals surface area (Å²) in [6, 6.07) is 0. The van der Waals surface area contributed by atoms with E-state index >= 15 is 0 Å². The van der Waals surface area contributed by atoms with Crippen LogP contribution in [-0.4, -0.2) is 37.6 Å². The maximum Gasteiger partial charge on any atom is 0.0782 e. The molecule has 0 aliphatic rings. The predicted octanol–water partition coefficient (Wildman–Crippen LogP) is 9.78. The van der Waals surface area contributed by atoms with Gasteiger partial charge in [0, 0.05) is 0 Å². The second kappa shape index (κ2) is 29.7. The minimum Gasteiger partial charge on any atom is -0.545 e. The van der Waals surface area contributed by atoms with E-state index in [1.54, 1.807) is 0 Å². The first kappa shape index (κ1) is 38.3. The van der Waals surface area contributed by atoms with E-state index in [9.17, 15) is 9.90 Å². The number of quaternary nitrogens is 1. The Morgan fingerprint density at radius 3 is 0.892 bits per heavy atom. The normalized spacial score (nSPS) is 11.3. The molecule has 0 spiro atoms. The topological polar surface area (TPSA) is 40.1 Å². The van der Waals surface area contributed by atoms with E-state index in [0.29, 0.717) is 0 Å². The van der Waals surface area contributed by atoms with Crippen molar-refractivity contribution in [1.82, 2.24) is 0 Å². The molecule has 0 aromatic rings. The summed E-state index contributed by atoms with van der Waals surface area (Å²) in [5.74, 6) is -1.19. The average Bonchev–Trinajstić information content (AvgIpc) is 2.85. The van der Waals surface area contributed by atoms with Crippen molar-refractivity contribution >= 4 is 5.97 Å². The quantitative estimate of drug-likeness (QED) is 0.0610. The molecule has 0 rings (SSSR count). The van der Waals surface area contributed by atoms with Crippen LogP contribution in [0, 0.1) is 0 Å². The highest BCUT2D eigenvalue weighted by Crippen LogP contribution is 2.15. The Balaban J connectivity index is 0. The molecule has 0 radical (unpaired) electrons. The molecule has 0 aliphatic heterocycles. The van der Waals surface area contributed by atoms with Crippen LogP contribution in [0.3, 0.4) is 0 Å². The summed E-state index contributed by atoms with van der Waals surface area (Å²) in [4.78, 5) is 9.49. The van der Waals surface area contributed by atoms with E-state index in [-0.39, 0.29) is 5.57 Å². The molecule has 0 fully saturated rings. The van der Waals surface area contributed by atoms with Crippen LogP contribution in [0.25, 0.3) is 0 Å². The molecule has 0 saturated heterocycles. The molecule has 3 heteroatoms. The van der Waals surface area contributed by atoms with Crippen LogP contribution >= 0.6 is 0 Å². The molecule has 0 heterocycles. The van der Waals surface area contributed by atoms with E-state index in [4.69, 9.17) is 0 Å². The number of carbonyl (C=O) groups excluding carboxylic acids is 1. The fourth-order valence-corrected chi connectivity index (χ4v) is 4.87. The Labute approximate surface area is 234 Å². The number of rotatable bonds is 27. The van der Waals surface area contributed by atoms with Crippen molar-refractivity contribution in [3.05, 3.63) is 12.2 Å². The highest BCUT2D eigenvalue weighted by Gasteiger charge is 2.13. The zero-order chi connectivity index (χ0) is 28.0. The van der Waals surface area contributed by atoms with Crippen molar-refractivity contribution in [2.75, 3.05) is 27.2 Å². The van der Waals surface area contributed by atoms with Gasteiger partial charge in [0.1, 0.15) is 0 Å². The number of hydrogen-bond acceptors (Lipinski definition) is 2. The predicted molar refractivity (Wildman–Crippen MR) is 164 cm³/mol. The van der Waals surface area contributed by atoms with Crippen LogP contribution in [0.15, 0.2) is 12.2 Å². The number of carboxylic acid groups (broad SMARTS) is 1. The molecule has 0 unspecified atom stereocenters. The third-order valence-electron chi connectivity index (χ3n) is 7.58. The zero-order valence-corrected chi connectivity index (χ0v) is 26.4. The van der Waals surface area contributed by atoms with Gasteiger partial charge in [-0.05, 0) is 38.2 Å². The van der Waals surface area contributed by atoms with E-state index in [1.807, 2.05) is 0 Å². The highest BCUT2D eigenvalue weighted by atomic mass is 16.4. The van der Waals surface area contributed by atoms with Crippen molar-refractivity contribution in [2.45, 2.75) is 175 Å². The van der Waals surface area contributed by atoms with E-state index < -0.39 is 5.97 Å². The largest absolute Gasteiger partial charge is 0.545 e. The van der Waals surface area contributed by atoms with E-state index in [0.717, 1.165) is 0 Å². The average molecular weight is 524 g/mol. The van der Waals surface area contributed by atoms with Crippen LogP contribution in [0.1, 0.15) is 175 Å². The Morgan fingerprint density at radius 2 is 0.703 bits per heavy atom. The number of nitrogens with zero attached hydrogens (tertiary/aromatic N) is 1. The molecule has 0 amide bonds. The van der Waals surface area contributed by atoms with Crippen LogP contribution in [0.5, 0.6) is 0 Å². The maximum atomic E-state index is 9.49. The van der Waals surface area contributed by atoms with Crippen molar-refractivity contribution < 1.29 is 14.4 Å². The molecular weight excluding hydrogens is 454 g/mol. The van der Waals surface area contributed by atoms with Gasteiger partial charge in [-0.2, -0.15) is 0 Å². The second-order valence-electron chi connectivity index (χ2n) is 12.2. The lowest BCUT2D eigenvalue weighted by atomic mass is 10.0. The third kappa shape index (κ3) is 35.2. The zero-order valence-electron chi connectivity index (χ0n) is 26.4. The molecule has 0 atom stereocenters. The maximum absolute atomic E-state index is 9.49. The van der Waals surface area contributed by atoms with Gasteiger partial charge in [-0.15, -0.1) is 0 Å². The fourth-order valence-electron chi connectivity index (χ4n) is 4.87. The molecule has 37 heavy (non-hydrogen) atoms. The molecular formula is C34H69NO2. The van der Waals surface area contributed by atoms with Gasteiger partial charge >= 0.3 is 0 Å². The Hall–Kier alpha value is -0.830. The summed E-state index contributed by atoms with van der Waals surface area (Å²) in [6.45, 7) is 11.9. The number of carbonyl (C=O) groups is 1. The molecule has 0 bridgehead atoms. The lowest BCUT2D eigenvalue weighted by Gasteiger charge is -2.30. The second-order valence-corrected chi connectivity index (χ2v) is 12.2. The molecule has 3 nitrogen and oxygen atoms in total. The summed E-state index contributed by atoms with van der Waals surface area (Å²) in [5, 5.41) is 9.49. The first-order chi connectivity index (χ1) is 17.8. The van der Waals surface area contributed by atoms with Gasteiger partial charge in [0.25, 0.3) is 0 Å². The summed E-state index contributed by atoms with van der Waals surface area (Å²) in [7, 11) is 4.91. The van der Waals surface area contributed by atoms with Crippen LogP contribution in [-0.2, 0) is 4.79 Å². The van der Waals surface area contributed by atoms with Crippen molar-refractivity contribution in [1.29, 1.82) is 0 Å². The first-order valence-electron chi connectivity index (χ1n) is 16.5. The van der Waals surface area contributed by atoms with Gasteiger partial charge in [0.2, 0.25) is 0 Å². The number of hydrogen-bond donors (Lipinski definition) is 0. The molecule has 222 valence electrons. The SMILES string of the molecule is C=C(C)C(=O)[O-].CCCCCCCCCCCCCC[N+](C)(C)CCCCCCCCCCCCCC. The number of aliphatic carboxylic acids is 1. The lowest BCUT2D eigenvalue weighted by Crippen LogP contribution is -2.41. The number of unbranched alkanes of at least 4 members (excludes halogenated alkanes) is 22. The van der Waals surface area contributed by atoms with Gasteiger partial charge in [0.15, 0.2) is 0 Å². The molecule has 0 aromatic carbocycles. The summed E-state index contributed by atoms with van der Waals surface area (Å²) < 4.78 is 1.25. The van der Waals surface area contributed by atoms with Gasteiger partial charge in [-0.3, -0.25) is 0 Å². The van der Waals surface area contributed by atoms with E-state index in [2.05, 4.69) is 34.5 Å². The highest BCUT2D eigenvalue weighted by molar-refractivity contribution is 5.82. The molecule has 0 saturated carbocycles. The van der Waals surface area contributed by atoms with Gasteiger partial charge in [0.05, 0.1) is 33.2 Å². The Morgan fingerprint density at radius 1 is 0.514 bits per heavy atom. The summed E-state index contributed by atoms with van der Waals surface area (Å²) >= 11 is 0. The van der Waals surface area contributed by atoms with Crippen molar-refractivity contribution in [2.24, 2.45) is 0 Å². The van der Waals surface area contributed by atoms with Gasteiger partial charge < -0.3 is 14.4 Å². The van der Waals surface area contributed by atoms with Crippen LogP contribution in [0.4, 0.5) is 0 Å². The summed E-state index contributed by atoms with van der Waals surface area (Å²) in [5.41, 5.74) is 0.0648. The van der Waals surface area contributed by atoms with Crippen molar-refractivity contribution in [3.63, 3.8) is 0 Å². The Bertz CT molecular complexity index is 444. The standard InChI is InChI=1S/C30H64N.C4H6O2/c1-5-7-9-11-13-15-17-19-21-23-25-27-29-31(3,4)30-28-26-24-22-20-18-16-14-12-10-8-6-2;1-3(2)4(5)6/h5-30H2,1-4H3;1H2,2H3,(H,5,6)/q+1;/p-1. The first-order valence-corrected chi connectivity index (χ1v) is 16.5. The van der Waals surface area contributed by atoms with Gasteiger partial charge in [-0.25, -0.2) is 0 Å². The minimum absolute atomic E-state index is 0.0648. The lowest BCUT2D eigenvalue weighted by molar-refractivity contribution is -0.890. The summed E-state index contributed by atoms with van der Waals surface area (Å²) in [6.07, 6.45) is 35.0. The van der Waals surface area contributed by atoms with Crippen molar-refractivity contribution in [3.8, 4) is 0 Å². The monoisotopic (exact) mass is 524 g/mol. The van der Waals surface area contributed by atoms with Gasteiger partial charge in [-0.1, -0.05) is 149 Å². The minimum atomic E-state index is -1.19. The smallest absolute Gasteiger partial charge is 0.0782 e. The van der Waals surface area contributed by atoms with Crippen LogP contribution in [0.2, 0.25) is 0 Å². The number of carboxylic acids is 1. The Kier molecular flexibility index (Phi) is 30.8. The van der Waals surface area contributed by atoms with E-state index in [1.165, 1.54) is 179 Å². The molecule has 0 aliphatic carbocycles.